The molecule has 0 spiro atoms. The van der Waals surface area contributed by atoms with Gasteiger partial charge in [0.2, 0.25) is 6.10 Å². The summed E-state index contributed by atoms with van der Waals surface area (Å²) in [5.74, 6) is -4.73. The first kappa shape index (κ1) is 12.1. The van der Waals surface area contributed by atoms with Crippen LogP contribution in [-0.4, -0.2) is 17.0 Å². The van der Waals surface area contributed by atoms with Crippen molar-refractivity contribution in [2.24, 2.45) is 0 Å². The summed E-state index contributed by atoms with van der Waals surface area (Å²) in [4.78, 5) is 21.4. The van der Waals surface area contributed by atoms with E-state index in [0.717, 1.165) is 25.1 Å². The van der Waals surface area contributed by atoms with Crippen molar-refractivity contribution < 1.29 is 28.2 Å². The average molecular weight is 230 g/mol. The van der Waals surface area contributed by atoms with E-state index in [-0.39, 0.29) is 0 Å². The highest BCUT2D eigenvalue weighted by atomic mass is 19.1. The molecule has 0 aliphatic heterocycles. The minimum Gasteiger partial charge on any atom is -0.478 e. The fourth-order valence-corrected chi connectivity index (χ4v) is 1.16. The summed E-state index contributed by atoms with van der Waals surface area (Å²) in [5.41, 5.74) is -0.787. The van der Waals surface area contributed by atoms with Gasteiger partial charge in [0, 0.05) is 6.92 Å². The van der Waals surface area contributed by atoms with Crippen LogP contribution < -0.4 is 0 Å². The lowest BCUT2D eigenvalue weighted by atomic mass is 10.1. The number of esters is 1. The third-order valence-electron chi connectivity index (χ3n) is 1.77. The second kappa shape index (κ2) is 4.69. The molecule has 1 aromatic rings. The maximum absolute atomic E-state index is 13.2. The molecular formula is C10H8F2O4. The number of ether oxygens (including phenoxy) is 1. The largest absolute Gasteiger partial charge is 0.478 e. The van der Waals surface area contributed by atoms with E-state index in [2.05, 4.69) is 4.74 Å². The van der Waals surface area contributed by atoms with Crippen molar-refractivity contribution in [3.8, 4) is 0 Å². The topological polar surface area (TPSA) is 63.6 Å². The van der Waals surface area contributed by atoms with Gasteiger partial charge < -0.3 is 9.84 Å². The van der Waals surface area contributed by atoms with Crippen molar-refractivity contribution in [3.05, 3.63) is 35.4 Å². The molecule has 16 heavy (non-hydrogen) atoms. The van der Waals surface area contributed by atoms with E-state index in [0.29, 0.717) is 0 Å². The molecule has 0 amide bonds. The Labute approximate surface area is 89.5 Å². The van der Waals surface area contributed by atoms with E-state index in [9.17, 15) is 18.4 Å². The normalized spacial score (nSPS) is 11.9. The SMILES string of the molecule is CC(=O)O[C@H](C(=O)O)c1c(F)cccc1F. The molecule has 0 aromatic heterocycles. The highest BCUT2D eigenvalue weighted by Crippen LogP contribution is 2.24. The summed E-state index contributed by atoms with van der Waals surface area (Å²) in [6, 6.07) is 2.86. The van der Waals surface area contributed by atoms with Crippen molar-refractivity contribution in [1.29, 1.82) is 0 Å². The molecule has 0 saturated heterocycles. The molecule has 0 saturated carbocycles. The highest BCUT2D eigenvalue weighted by molar-refractivity contribution is 5.78. The molecule has 1 atom stereocenters. The van der Waals surface area contributed by atoms with Crippen molar-refractivity contribution >= 4 is 11.9 Å². The van der Waals surface area contributed by atoms with Gasteiger partial charge in [-0.05, 0) is 12.1 Å². The predicted octanol–water partition coefficient (Wildman–Crippen LogP) is 1.65. The van der Waals surface area contributed by atoms with Crippen LogP contribution in [0.15, 0.2) is 18.2 Å². The number of rotatable bonds is 3. The summed E-state index contributed by atoms with van der Waals surface area (Å²) in [6.45, 7) is 0.953. The van der Waals surface area contributed by atoms with Crippen LogP contribution in [0, 0.1) is 11.6 Å². The Morgan fingerprint density at radius 1 is 1.31 bits per heavy atom. The number of hydrogen-bond acceptors (Lipinski definition) is 3. The van der Waals surface area contributed by atoms with Gasteiger partial charge in [-0.3, -0.25) is 4.79 Å². The fraction of sp³-hybridized carbons (Fsp3) is 0.200. The number of carbonyl (C=O) groups excluding carboxylic acids is 1. The molecule has 0 fully saturated rings. The van der Waals surface area contributed by atoms with Gasteiger partial charge in [0.05, 0.1) is 5.56 Å². The monoisotopic (exact) mass is 230 g/mol. The molecule has 0 heterocycles. The summed E-state index contributed by atoms with van der Waals surface area (Å²) in [7, 11) is 0. The quantitative estimate of drug-likeness (QED) is 0.802. The first-order valence-corrected chi connectivity index (χ1v) is 4.27. The van der Waals surface area contributed by atoms with Crippen LogP contribution in [0.3, 0.4) is 0 Å². The molecule has 1 rings (SSSR count). The van der Waals surface area contributed by atoms with Gasteiger partial charge in [0.25, 0.3) is 0 Å². The summed E-state index contributed by atoms with van der Waals surface area (Å²) < 4.78 is 30.8. The van der Waals surface area contributed by atoms with E-state index >= 15 is 0 Å². The van der Waals surface area contributed by atoms with E-state index in [1.54, 1.807) is 0 Å². The standard InChI is InChI=1S/C10H8F2O4/c1-5(13)16-9(10(14)15)8-6(11)3-2-4-7(8)12/h2-4,9H,1H3,(H,14,15)/t9-/m0/s1. The molecule has 1 N–H and O–H groups in total. The van der Waals surface area contributed by atoms with Crippen molar-refractivity contribution in [2.75, 3.05) is 0 Å². The molecule has 0 unspecified atom stereocenters. The van der Waals surface area contributed by atoms with Crippen molar-refractivity contribution in [2.45, 2.75) is 13.0 Å². The van der Waals surface area contributed by atoms with Crippen molar-refractivity contribution in [3.63, 3.8) is 0 Å². The number of aliphatic carboxylic acids is 1. The number of carbonyl (C=O) groups is 2. The summed E-state index contributed by atoms with van der Waals surface area (Å²) >= 11 is 0. The number of carboxylic acids is 1. The molecule has 0 aliphatic carbocycles. The zero-order valence-corrected chi connectivity index (χ0v) is 8.24. The zero-order valence-electron chi connectivity index (χ0n) is 8.24. The Bertz CT molecular complexity index is 411. The van der Waals surface area contributed by atoms with Gasteiger partial charge >= 0.3 is 11.9 Å². The number of hydrogen-bond donors (Lipinski definition) is 1. The van der Waals surface area contributed by atoms with Gasteiger partial charge in [-0.2, -0.15) is 0 Å². The molecule has 1 aromatic carbocycles. The van der Waals surface area contributed by atoms with Crippen LogP contribution in [0.4, 0.5) is 8.78 Å². The van der Waals surface area contributed by atoms with Crippen molar-refractivity contribution in [1.82, 2.24) is 0 Å². The molecule has 0 radical (unpaired) electrons. The number of benzene rings is 1. The minimum absolute atomic E-state index is 0.787. The Balaban J connectivity index is 3.20. The lowest BCUT2D eigenvalue weighted by Crippen LogP contribution is -2.20. The molecule has 6 heteroatoms. The Morgan fingerprint density at radius 2 is 1.81 bits per heavy atom. The van der Waals surface area contributed by atoms with E-state index < -0.39 is 35.2 Å². The second-order valence-electron chi connectivity index (χ2n) is 2.96. The molecular weight excluding hydrogens is 222 g/mol. The maximum atomic E-state index is 13.2. The van der Waals surface area contributed by atoms with Crippen LogP contribution in [-0.2, 0) is 14.3 Å². The van der Waals surface area contributed by atoms with E-state index in [1.165, 1.54) is 0 Å². The predicted molar refractivity (Wildman–Crippen MR) is 48.5 cm³/mol. The van der Waals surface area contributed by atoms with E-state index in [4.69, 9.17) is 5.11 Å². The molecule has 0 bridgehead atoms. The van der Waals surface area contributed by atoms with Crippen LogP contribution in [0.25, 0.3) is 0 Å². The Hall–Kier alpha value is -1.98. The second-order valence-corrected chi connectivity index (χ2v) is 2.96. The molecule has 0 aliphatic rings. The Morgan fingerprint density at radius 3 is 2.19 bits per heavy atom. The average Bonchev–Trinajstić information content (AvgIpc) is 2.15. The lowest BCUT2D eigenvalue weighted by Gasteiger charge is -2.14. The van der Waals surface area contributed by atoms with Gasteiger partial charge in [-0.1, -0.05) is 6.07 Å². The zero-order chi connectivity index (χ0) is 12.3. The smallest absolute Gasteiger partial charge is 0.350 e. The molecule has 4 nitrogen and oxygen atoms in total. The van der Waals surface area contributed by atoms with Gasteiger partial charge in [-0.15, -0.1) is 0 Å². The summed E-state index contributed by atoms with van der Waals surface area (Å²) in [6.07, 6.45) is -1.97. The first-order chi connectivity index (χ1) is 7.43. The lowest BCUT2D eigenvalue weighted by molar-refractivity contribution is -0.163. The highest BCUT2D eigenvalue weighted by Gasteiger charge is 2.29. The Kier molecular flexibility index (Phi) is 3.55. The van der Waals surface area contributed by atoms with Crippen LogP contribution in [0.1, 0.15) is 18.6 Å². The van der Waals surface area contributed by atoms with Gasteiger partial charge in [-0.25, -0.2) is 13.6 Å². The minimum atomic E-state index is -1.97. The van der Waals surface area contributed by atoms with E-state index in [1.807, 2.05) is 0 Å². The van der Waals surface area contributed by atoms with Crippen LogP contribution in [0.5, 0.6) is 0 Å². The number of carboxylic acid groups (broad SMARTS) is 1. The van der Waals surface area contributed by atoms with Gasteiger partial charge in [0.1, 0.15) is 11.6 Å². The van der Waals surface area contributed by atoms with Gasteiger partial charge in [0.15, 0.2) is 0 Å². The summed E-state index contributed by atoms with van der Waals surface area (Å²) in [5, 5.41) is 8.71. The molecule has 86 valence electrons. The third-order valence-corrected chi connectivity index (χ3v) is 1.77. The number of halogens is 2. The third kappa shape index (κ3) is 2.53. The first-order valence-electron chi connectivity index (χ1n) is 4.27. The van der Waals surface area contributed by atoms with Crippen LogP contribution >= 0.6 is 0 Å². The van der Waals surface area contributed by atoms with Crippen LogP contribution in [0.2, 0.25) is 0 Å². The fourth-order valence-electron chi connectivity index (χ4n) is 1.16. The maximum Gasteiger partial charge on any atom is 0.350 e.